The second kappa shape index (κ2) is 4.40. The lowest BCUT2D eigenvalue weighted by molar-refractivity contribution is 0.745. The van der Waals surface area contributed by atoms with Crippen LogP contribution in [-0.4, -0.2) is 26.3 Å². The Kier molecular flexibility index (Phi) is 2.72. The maximum atomic E-state index is 11.3. The van der Waals surface area contributed by atoms with Crippen molar-refractivity contribution in [3.8, 4) is 11.3 Å². The van der Waals surface area contributed by atoms with Crippen molar-refractivity contribution in [2.75, 3.05) is 6.54 Å². The summed E-state index contributed by atoms with van der Waals surface area (Å²) in [5.41, 5.74) is 9.94. The van der Waals surface area contributed by atoms with Crippen LogP contribution in [0.2, 0.25) is 0 Å². The average molecular weight is 257 g/mol. The third-order valence-corrected chi connectivity index (χ3v) is 3.14. The molecule has 0 aliphatic carbocycles. The van der Waals surface area contributed by atoms with E-state index in [9.17, 15) is 4.79 Å². The van der Waals surface area contributed by atoms with Crippen molar-refractivity contribution >= 4 is 11.0 Å². The minimum atomic E-state index is -0.194. The Labute approximate surface area is 109 Å². The molecule has 0 aliphatic rings. The molecule has 98 valence electrons. The number of aromatic amines is 2. The number of nitrogens with zero attached hydrogens (tertiary/aromatic N) is 2. The SMILES string of the molecule is Cn1nc(CCN)cc1-c1ccc2[nH]c(=O)[nH]c2c1. The lowest BCUT2D eigenvalue weighted by Gasteiger charge is -2.01. The highest BCUT2D eigenvalue weighted by atomic mass is 16.1. The standard InChI is InChI=1S/C13H15N5O/c1-18-12(7-9(17-18)4-5-14)8-2-3-10-11(6-8)16-13(19)15-10/h2-3,6-7H,4-5,14H2,1H3,(H2,15,16,19). The van der Waals surface area contributed by atoms with E-state index in [0.29, 0.717) is 6.54 Å². The van der Waals surface area contributed by atoms with E-state index in [2.05, 4.69) is 15.1 Å². The quantitative estimate of drug-likeness (QED) is 0.646. The van der Waals surface area contributed by atoms with Crippen LogP contribution in [0.4, 0.5) is 0 Å². The molecule has 2 heterocycles. The van der Waals surface area contributed by atoms with Crippen molar-refractivity contribution in [2.45, 2.75) is 6.42 Å². The van der Waals surface area contributed by atoms with E-state index >= 15 is 0 Å². The van der Waals surface area contributed by atoms with Gasteiger partial charge in [0, 0.05) is 19.0 Å². The van der Waals surface area contributed by atoms with Gasteiger partial charge in [-0.15, -0.1) is 0 Å². The summed E-state index contributed by atoms with van der Waals surface area (Å²) in [6, 6.07) is 7.82. The van der Waals surface area contributed by atoms with E-state index in [1.807, 2.05) is 36.0 Å². The van der Waals surface area contributed by atoms with E-state index in [1.54, 1.807) is 0 Å². The first-order chi connectivity index (χ1) is 9.17. The third kappa shape index (κ3) is 2.06. The number of nitrogens with one attached hydrogen (secondary N) is 2. The first-order valence-electron chi connectivity index (χ1n) is 6.13. The summed E-state index contributed by atoms with van der Waals surface area (Å²) < 4.78 is 1.83. The van der Waals surface area contributed by atoms with E-state index < -0.39 is 0 Å². The predicted octanol–water partition coefficient (Wildman–Crippen LogP) is 0.758. The van der Waals surface area contributed by atoms with E-state index in [4.69, 9.17) is 5.73 Å². The largest absolute Gasteiger partial charge is 0.330 e. The van der Waals surface area contributed by atoms with Gasteiger partial charge in [0.2, 0.25) is 0 Å². The van der Waals surface area contributed by atoms with Crippen LogP contribution < -0.4 is 11.4 Å². The molecule has 0 bridgehead atoms. The van der Waals surface area contributed by atoms with Crippen molar-refractivity contribution in [1.29, 1.82) is 0 Å². The van der Waals surface area contributed by atoms with Gasteiger partial charge in [-0.1, -0.05) is 6.07 Å². The van der Waals surface area contributed by atoms with E-state index in [1.165, 1.54) is 0 Å². The Morgan fingerprint density at radius 2 is 2.05 bits per heavy atom. The summed E-state index contributed by atoms with van der Waals surface area (Å²) in [7, 11) is 1.90. The molecule has 4 N–H and O–H groups in total. The molecule has 0 saturated carbocycles. The Balaban J connectivity index is 2.10. The number of fused-ring (bicyclic) bond motifs is 1. The molecule has 3 rings (SSSR count). The zero-order valence-electron chi connectivity index (χ0n) is 10.6. The number of benzene rings is 1. The van der Waals surface area contributed by atoms with Gasteiger partial charge in [-0.05, 0) is 24.7 Å². The van der Waals surface area contributed by atoms with Crippen LogP contribution in [0.1, 0.15) is 5.69 Å². The van der Waals surface area contributed by atoms with E-state index in [0.717, 1.165) is 34.4 Å². The van der Waals surface area contributed by atoms with Gasteiger partial charge in [-0.2, -0.15) is 5.10 Å². The molecule has 19 heavy (non-hydrogen) atoms. The molecule has 0 radical (unpaired) electrons. The predicted molar refractivity (Wildman–Crippen MR) is 73.9 cm³/mol. The first kappa shape index (κ1) is 11.7. The summed E-state index contributed by atoms with van der Waals surface area (Å²) in [5, 5.41) is 4.42. The van der Waals surface area contributed by atoms with Gasteiger partial charge in [-0.25, -0.2) is 4.79 Å². The lowest BCUT2D eigenvalue weighted by atomic mass is 10.1. The zero-order chi connectivity index (χ0) is 13.4. The zero-order valence-corrected chi connectivity index (χ0v) is 10.6. The fraction of sp³-hybridized carbons (Fsp3) is 0.231. The van der Waals surface area contributed by atoms with Crippen molar-refractivity contribution in [2.24, 2.45) is 12.8 Å². The number of imidazole rings is 1. The summed E-state index contributed by atoms with van der Waals surface area (Å²) >= 11 is 0. The molecule has 0 amide bonds. The lowest BCUT2D eigenvalue weighted by Crippen LogP contribution is -2.03. The van der Waals surface area contributed by atoms with Gasteiger partial charge in [-0.3, -0.25) is 4.68 Å². The highest BCUT2D eigenvalue weighted by Crippen LogP contribution is 2.22. The molecular formula is C13H15N5O. The van der Waals surface area contributed by atoms with Gasteiger partial charge >= 0.3 is 5.69 Å². The van der Waals surface area contributed by atoms with E-state index in [-0.39, 0.29) is 5.69 Å². The highest BCUT2D eigenvalue weighted by molar-refractivity contribution is 5.80. The first-order valence-corrected chi connectivity index (χ1v) is 6.13. The van der Waals surface area contributed by atoms with Crippen LogP contribution >= 0.6 is 0 Å². The maximum absolute atomic E-state index is 11.3. The van der Waals surface area contributed by atoms with Gasteiger partial charge in [0.05, 0.1) is 22.4 Å². The molecule has 6 heteroatoms. The van der Waals surface area contributed by atoms with Crippen LogP contribution in [0.25, 0.3) is 22.3 Å². The van der Waals surface area contributed by atoms with Crippen LogP contribution in [0.3, 0.4) is 0 Å². The normalized spacial score (nSPS) is 11.3. The Hall–Kier alpha value is -2.34. The van der Waals surface area contributed by atoms with Gasteiger partial charge in [0.25, 0.3) is 0 Å². The molecule has 0 aliphatic heterocycles. The van der Waals surface area contributed by atoms with Crippen LogP contribution in [0.5, 0.6) is 0 Å². The Morgan fingerprint density at radius 1 is 1.26 bits per heavy atom. The molecule has 6 nitrogen and oxygen atoms in total. The highest BCUT2D eigenvalue weighted by Gasteiger charge is 2.08. The molecule has 0 saturated heterocycles. The topological polar surface area (TPSA) is 92.5 Å². The van der Waals surface area contributed by atoms with Gasteiger partial charge in [0.1, 0.15) is 0 Å². The van der Waals surface area contributed by atoms with Gasteiger partial charge in [0.15, 0.2) is 0 Å². The third-order valence-electron chi connectivity index (χ3n) is 3.14. The number of rotatable bonds is 3. The number of aryl methyl sites for hydroxylation is 1. The Morgan fingerprint density at radius 3 is 2.84 bits per heavy atom. The molecule has 3 aromatic rings. The number of H-pyrrole nitrogens is 2. The van der Waals surface area contributed by atoms with Crippen LogP contribution in [0.15, 0.2) is 29.1 Å². The van der Waals surface area contributed by atoms with Crippen molar-refractivity contribution in [1.82, 2.24) is 19.7 Å². The second-order valence-corrected chi connectivity index (χ2v) is 4.52. The smallest absolute Gasteiger partial charge is 0.323 e. The molecule has 0 atom stereocenters. The molecule has 0 spiro atoms. The van der Waals surface area contributed by atoms with Crippen molar-refractivity contribution in [3.05, 3.63) is 40.4 Å². The van der Waals surface area contributed by atoms with Crippen molar-refractivity contribution in [3.63, 3.8) is 0 Å². The fourth-order valence-electron chi connectivity index (χ4n) is 2.26. The minimum absolute atomic E-state index is 0.194. The second-order valence-electron chi connectivity index (χ2n) is 4.52. The maximum Gasteiger partial charge on any atom is 0.323 e. The molecule has 1 aromatic carbocycles. The average Bonchev–Trinajstić information content (AvgIpc) is 2.90. The number of nitrogens with two attached hydrogens (primary N) is 1. The number of hydrogen-bond acceptors (Lipinski definition) is 3. The minimum Gasteiger partial charge on any atom is -0.330 e. The summed E-state index contributed by atoms with van der Waals surface area (Å²) in [4.78, 5) is 16.7. The molecule has 2 aromatic heterocycles. The van der Waals surface area contributed by atoms with Crippen LogP contribution in [-0.2, 0) is 13.5 Å². The number of hydrogen-bond donors (Lipinski definition) is 3. The number of aromatic nitrogens is 4. The summed E-state index contributed by atoms with van der Waals surface area (Å²) in [6.45, 7) is 0.584. The monoisotopic (exact) mass is 257 g/mol. The Bertz CT molecular complexity index is 780. The molecular weight excluding hydrogens is 242 g/mol. The van der Waals surface area contributed by atoms with Crippen molar-refractivity contribution < 1.29 is 0 Å². The molecule has 0 unspecified atom stereocenters. The summed E-state index contributed by atoms with van der Waals surface area (Å²) in [5.74, 6) is 0. The molecule has 0 fully saturated rings. The van der Waals surface area contributed by atoms with Crippen LogP contribution in [0, 0.1) is 0 Å². The summed E-state index contributed by atoms with van der Waals surface area (Å²) in [6.07, 6.45) is 0.761. The fourth-order valence-corrected chi connectivity index (χ4v) is 2.26. The van der Waals surface area contributed by atoms with Gasteiger partial charge < -0.3 is 15.7 Å².